The molecule has 0 bridgehead atoms. The van der Waals surface area contributed by atoms with Crippen molar-refractivity contribution in [3.8, 4) is 11.1 Å². The van der Waals surface area contributed by atoms with Crippen LogP contribution in [0.4, 0.5) is 0 Å². The van der Waals surface area contributed by atoms with Gasteiger partial charge in [-0.2, -0.15) is 11.3 Å². The summed E-state index contributed by atoms with van der Waals surface area (Å²) in [4.78, 5) is 4.21. The maximum absolute atomic E-state index is 4.21. The fourth-order valence-electron chi connectivity index (χ4n) is 2.30. The smallest absolute Gasteiger partial charge is 0.0349 e. The van der Waals surface area contributed by atoms with Crippen molar-refractivity contribution in [2.45, 2.75) is 13.8 Å². The highest BCUT2D eigenvalue weighted by atomic mass is 32.1. The quantitative estimate of drug-likeness (QED) is 0.605. The molecule has 0 atom stereocenters. The third-order valence-electron chi connectivity index (χ3n) is 3.25. The normalized spacial score (nSPS) is 10.9. The van der Waals surface area contributed by atoms with Crippen LogP contribution >= 0.6 is 11.3 Å². The number of thiophene rings is 1. The number of aromatic nitrogens is 1. The van der Waals surface area contributed by atoms with E-state index in [-0.39, 0.29) is 0 Å². The first kappa shape index (κ1) is 10.5. The molecular formula is C15H13NS. The van der Waals surface area contributed by atoms with Gasteiger partial charge in [0.1, 0.15) is 0 Å². The Morgan fingerprint density at radius 3 is 2.76 bits per heavy atom. The van der Waals surface area contributed by atoms with Crippen LogP contribution in [0.25, 0.3) is 21.9 Å². The predicted molar refractivity (Wildman–Crippen MR) is 74.5 cm³/mol. The number of hydrogen-bond donors (Lipinski definition) is 0. The van der Waals surface area contributed by atoms with Crippen molar-refractivity contribution in [1.82, 2.24) is 4.98 Å². The van der Waals surface area contributed by atoms with Crippen LogP contribution in [-0.4, -0.2) is 4.98 Å². The summed E-state index contributed by atoms with van der Waals surface area (Å²) in [6.07, 6.45) is 3.82. The Hall–Kier alpha value is -1.67. The molecule has 0 N–H and O–H groups in total. The van der Waals surface area contributed by atoms with E-state index in [0.29, 0.717) is 0 Å². The molecule has 1 nitrogen and oxygen atoms in total. The number of hydrogen-bond acceptors (Lipinski definition) is 2. The Morgan fingerprint density at radius 1 is 1.12 bits per heavy atom. The van der Waals surface area contributed by atoms with Crippen molar-refractivity contribution >= 4 is 22.1 Å². The first-order valence-corrected chi connectivity index (χ1v) is 6.58. The maximum Gasteiger partial charge on any atom is 0.0349 e. The van der Waals surface area contributed by atoms with Gasteiger partial charge in [-0.05, 0) is 64.4 Å². The van der Waals surface area contributed by atoms with E-state index in [1.165, 1.54) is 33.0 Å². The standard InChI is InChI=1S/C15H13NS/c1-10-7-14(12-4-6-17-9-12)11(2)13-3-5-16-8-15(10)13/h3-9H,1-2H3. The molecule has 17 heavy (non-hydrogen) atoms. The van der Waals surface area contributed by atoms with Gasteiger partial charge in [0.25, 0.3) is 0 Å². The molecule has 0 fully saturated rings. The van der Waals surface area contributed by atoms with Crippen LogP contribution in [0, 0.1) is 13.8 Å². The summed E-state index contributed by atoms with van der Waals surface area (Å²) >= 11 is 1.74. The minimum Gasteiger partial charge on any atom is -0.264 e. The van der Waals surface area contributed by atoms with Gasteiger partial charge in [0, 0.05) is 17.8 Å². The van der Waals surface area contributed by atoms with Crippen LogP contribution < -0.4 is 0 Å². The lowest BCUT2D eigenvalue weighted by molar-refractivity contribution is 1.34. The summed E-state index contributed by atoms with van der Waals surface area (Å²) in [6, 6.07) is 6.55. The van der Waals surface area contributed by atoms with E-state index >= 15 is 0 Å². The molecule has 84 valence electrons. The fourth-order valence-corrected chi connectivity index (χ4v) is 2.96. The second kappa shape index (κ2) is 3.97. The molecule has 0 saturated heterocycles. The van der Waals surface area contributed by atoms with Gasteiger partial charge in [-0.25, -0.2) is 0 Å². The van der Waals surface area contributed by atoms with E-state index in [1.54, 1.807) is 11.3 Å². The summed E-state index contributed by atoms with van der Waals surface area (Å²) < 4.78 is 0. The Labute approximate surface area is 105 Å². The highest BCUT2D eigenvalue weighted by molar-refractivity contribution is 7.08. The molecule has 0 aliphatic carbocycles. The van der Waals surface area contributed by atoms with Crippen molar-refractivity contribution in [3.05, 3.63) is 52.5 Å². The average Bonchev–Trinajstić information content (AvgIpc) is 2.87. The van der Waals surface area contributed by atoms with Gasteiger partial charge in [0.2, 0.25) is 0 Å². The largest absolute Gasteiger partial charge is 0.264 e. The average molecular weight is 239 g/mol. The molecule has 2 aromatic heterocycles. The molecule has 2 heteroatoms. The Bertz CT molecular complexity index is 669. The topological polar surface area (TPSA) is 12.9 Å². The first-order valence-electron chi connectivity index (χ1n) is 5.64. The highest BCUT2D eigenvalue weighted by Crippen LogP contribution is 2.32. The minimum atomic E-state index is 1.25. The van der Waals surface area contributed by atoms with Gasteiger partial charge in [-0.15, -0.1) is 0 Å². The summed E-state index contributed by atoms with van der Waals surface area (Å²) in [6.45, 7) is 4.34. The zero-order valence-corrected chi connectivity index (χ0v) is 10.7. The monoisotopic (exact) mass is 239 g/mol. The van der Waals surface area contributed by atoms with Gasteiger partial charge in [-0.3, -0.25) is 4.98 Å². The minimum absolute atomic E-state index is 1.25. The number of nitrogens with zero attached hydrogens (tertiary/aromatic N) is 1. The second-order valence-electron chi connectivity index (χ2n) is 4.30. The summed E-state index contributed by atoms with van der Waals surface area (Å²) in [5.74, 6) is 0. The summed E-state index contributed by atoms with van der Waals surface area (Å²) in [5, 5.41) is 6.89. The van der Waals surface area contributed by atoms with Gasteiger partial charge in [0.15, 0.2) is 0 Å². The molecule has 3 aromatic rings. The van der Waals surface area contributed by atoms with Crippen molar-refractivity contribution < 1.29 is 0 Å². The van der Waals surface area contributed by atoms with Gasteiger partial charge in [0.05, 0.1) is 0 Å². The van der Waals surface area contributed by atoms with E-state index in [2.05, 4.69) is 47.8 Å². The van der Waals surface area contributed by atoms with E-state index in [9.17, 15) is 0 Å². The Morgan fingerprint density at radius 2 is 2.00 bits per heavy atom. The number of pyridine rings is 1. The van der Waals surface area contributed by atoms with Crippen LogP contribution in [0.1, 0.15) is 11.1 Å². The van der Waals surface area contributed by atoms with Gasteiger partial charge < -0.3 is 0 Å². The number of rotatable bonds is 1. The number of aryl methyl sites for hydroxylation is 2. The molecule has 0 aliphatic heterocycles. The Kier molecular flexibility index (Phi) is 2.45. The lowest BCUT2D eigenvalue weighted by Crippen LogP contribution is -1.88. The molecule has 0 spiro atoms. The van der Waals surface area contributed by atoms with Crippen LogP contribution in [0.2, 0.25) is 0 Å². The third kappa shape index (κ3) is 1.65. The van der Waals surface area contributed by atoms with Crippen LogP contribution in [-0.2, 0) is 0 Å². The molecular weight excluding hydrogens is 226 g/mol. The van der Waals surface area contributed by atoms with Gasteiger partial charge >= 0.3 is 0 Å². The molecule has 2 heterocycles. The van der Waals surface area contributed by atoms with Crippen molar-refractivity contribution in [1.29, 1.82) is 0 Å². The Balaban J connectivity index is 2.39. The first-order chi connectivity index (χ1) is 8.27. The van der Waals surface area contributed by atoms with E-state index in [1.807, 2.05) is 12.4 Å². The highest BCUT2D eigenvalue weighted by Gasteiger charge is 2.08. The molecule has 1 aromatic carbocycles. The van der Waals surface area contributed by atoms with E-state index < -0.39 is 0 Å². The van der Waals surface area contributed by atoms with Crippen molar-refractivity contribution in [3.63, 3.8) is 0 Å². The van der Waals surface area contributed by atoms with Crippen LogP contribution in [0.3, 0.4) is 0 Å². The fraction of sp³-hybridized carbons (Fsp3) is 0.133. The van der Waals surface area contributed by atoms with E-state index in [4.69, 9.17) is 0 Å². The van der Waals surface area contributed by atoms with Crippen LogP contribution in [0.5, 0.6) is 0 Å². The lowest BCUT2D eigenvalue weighted by Gasteiger charge is -2.10. The van der Waals surface area contributed by atoms with Crippen molar-refractivity contribution in [2.75, 3.05) is 0 Å². The van der Waals surface area contributed by atoms with E-state index in [0.717, 1.165) is 0 Å². The predicted octanol–water partition coefficient (Wildman–Crippen LogP) is 4.58. The molecule has 0 amide bonds. The lowest BCUT2D eigenvalue weighted by atomic mass is 9.94. The molecule has 0 radical (unpaired) electrons. The number of benzene rings is 1. The molecule has 0 saturated carbocycles. The zero-order chi connectivity index (χ0) is 11.8. The maximum atomic E-state index is 4.21. The summed E-state index contributed by atoms with van der Waals surface area (Å²) in [5.41, 5.74) is 5.28. The van der Waals surface area contributed by atoms with Gasteiger partial charge in [-0.1, -0.05) is 6.07 Å². The van der Waals surface area contributed by atoms with Crippen LogP contribution in [0.15, 0.2) is 41.4 Å². The number of fused-ring (bicyclic) bond motifs is 1. The SMILES string of the molecule is Cc1cc(-c2ccsc2)c(C)c2ccncc12. The zero-order valence-electron chi connectivity index (χ0n) is 9.90. The molecule has 0 unspecified atom stereocenters. The van der Waals surface area contributed by atoms with Crippen molar-refractivity contribution in [2.24, 2.45) is 0 Å². The summed E-state index contributed by atoms with van der Waals surface area (Å²) in [7, 11) is 0. The third-order valence-corrected chi connectivity index (χ3v) is 3.93. The molecule has 3 rings (SSSR count). The second-order valence-corrected chi connectivity index (χ2v) is 5.08. The molecule has 0 aliphatic rings.